The molecule has 0 saturated carbocycles. The maximum atomic E-state index is 12.5. The van der Waals surface area contributed by atoms with Crippen LogP contribution in [0.4, 0.5) is 0 Å². The summed E-state index contributed by atoms with van der Waals surface area (Å²) in [5.74, 6) is 0.168. The smallest absolute Gasteiger partial charge is 0.289 e. The maximum Gasteiger partial charge on any atom is 0.289 e. The van der Waals surface area contributed by atoms with Crippen molar-refractivity contribution in [3.63, 3.8) is 0 Å². The van der Waals surface area contributed by atoms with Gasteiger partial charge in [-0.15, -0.1) is 0 Å². The minimum atomic E-state index is -0.163. The van der Waals surface area contributed by atoms with Gasteiger partial charge in [0, 0.05) is 18.0 Å². The van der Waals surface area contributed by atoms with Crippen LogP contribution >= 0.6 is 0 Å². The van der Waals surface area contributed by atoms with Crippen molar-refractivity contribution in [1.82, 2.24) is 4.90 Å². The second-order valence-corrected chi connectivity index (χ2v) is 5.15. The molecule has 0 bridgehead atoms. The molecule has 0 spiro atoms. The summed E-state index contributed by atoms with van der Waals surface area (Å²) in [6.07, 6.45) is 0.323. The summed E-state index contributed by atoms with van der Waals surface area (Å²) < 4.78 is 5.62. The van der Waals surface area contributed by atoms with Crippen molar-refractivity contribution in [2.24, 2.45) is 0 Å². The van der Waals surface area contributed by atoms with Crippen LogP contribution < -0.4 is 0 Å². The number of carbonyl (C=O) groups is 1. The molecule has 0 unspecified atom stereocenters. The second-order valence-electron chi connectivity index (χ2n) is 5.15. The minimum absolute atomic E-state index is 0.0331. The fourth-order valence-electron chi connectivity index (χ4n) is 2.17. The summed E-state index contributed by atoms with van der Waals surface area (Å²) in [6.45, 7) is 6.29. The van der Waals surface area contributed by atoms with Gasteiger partial charge in [-0.05, 0) is 39.0 Å². The molecule has 1 aromatic heterocycles. The molecule has 2 aromatic rings. The van der Waals surface area contributed by atoms with Gasteiger partial charge in [0.2, 0.25) is 0 Å². The van der Waals surface area contributed by atoms with E-state index in [0.717, 1.165) is 10.9 Å². The van der Waals surface area contributed by atoms with Crippen LogP contribution in [0.1, 0.15) is 36.4 Å². The van der Waals surface area contributed by atoms with E-state index in [1.54, 1.807) is 11.0 Å². The van der Waals surface area contributed by atoms with Gasteiger partial charge in [0.25, 0.3) is 5.91 Å². The third-order valence-electron chi connectivity index (χ3n) is 3.23. The molecule has 0 atom stereocenters. The Kier molecular flexibility index (Phi) is 4.09. The van der Waals surface area contributed by atoms with E-state index in [2.05, 4.69) is 6.07 Å². The zero-order chi connectivity index (χ0) is 14.7. The summed E-state index contributed by atoms with van der Waals surface area (Å²) >= 11 is 0. The predicted molar refractivity (Wildman–Crippen MR) is 77.4 cm³/mol. The monoisotopic (exact) mass is 270 g/mol. The van der Waals surface area contributed by atoms with E-state index >= 15 is 0 Å². The van der Waals surface area contributed by atoms with E-state index in [1.165, 1.54) is 0 Å². The molecule has 0 saturated heterocycles. The van der Waals surface area contributed by atoms with Gasteiger partial charge >= 0.3 is 0 Å². The molecular formula is C16H18N2O2. The highest BCUT2D eigenvalue weighted by Crippen LogP contribution is 2.22. The number of benzene rings is 1. The van der Waals surface area contributed by atoms with E-state index in [4.69, 9.17) is 9.68 Å². The molecule has 0 fully saturated rings. The number of hydrogen-bond acceptors (Lipinski definition) is 3. The van der Waals surface area contributed by atoms with Gasteiger partial charge in [-0.1, -0.05) is 11.6 Å². The molecule has 104 valence electrons. The number of nitriles is 1. The van der Waals surface area contributed by atoms with Gasteiger partial charge in [-0.3, -0.25) is 4.79 Å². The first-order valence-electron chi connectivity index (χ1n) is 6.71. The average Bonchev–Trinajstić information content (AvgIpc) is 2.81. The molecule has 0 radical (unpaired) electrons. The lowest BCUT2D eigenvalue weighted by Crippen LogP contribution is -2.37. The number of aryl methyl sites for hydroxylation is 1. The number of rotatable bonds is 4. The molecule has 0 aliphatic rings. The second kappa shape index (κ2) is 5.79. The SMILES string of the molecule is Cc1ccc2oc(C(=O)N(CCC#N)C(C)C)cc2c1. The highest BCUT2D eigenvalue weighted by atomic mass is 16.3. The van der Waals surface area contributed by atoms with Gasteiger partial charge in [-0.25, -0.2) is 0 Å². The number of fused-ring (bicyclic) bond motifs is 1. The van der Waals surface area contributed by atoms with Crippen molar-refractivity contribution in [2.45, 2.75) is 33.2 Å². The van der Waals surface area contributed by atoms with Crippen molar-refractivity contribution in [3.05, 3.63) is 35.6 Å². The van der Waals surface area contributed by atoms with E-state index in [-0.39, 0.29) is 11.9 Å². The summed E-state index contributed by atoms with van der Waals surface area (Å²) in [4.78, 5) is 14.1. The Hall–Kier alpha value is -2.28. The van der Waals surface area contributed by atoms with E-state index in [9.17, 15) is 4.79 Å². The van der Waals surface area contributed by atoms with Gasteiger partial charge in [-0.2, -0.15) is 5.26 Å². The molecule has 20 heavy (non-hydrogen) atoms. The highest BCUT2D eigenvalue weighted by Gasteiger charge is 2.21. The maximum absolute atomic E-state index is 12.5. The van der Waals surface area contributed by atoms with E-state index in [0.29, 0.717) is 24.3 Å². The molecule has 4 nitrogen and oxygen atoms in total. The number of nitrogens with zero attached hydrogens (tertiary/aromatic N) is 2. The van der Waals surface area contributed by atoms with Crippen LogP contribution in [-0.4, -0.2) is 23.4 Å². The van der Waals surface area contributed by atoms with Crippen LogP contribution in [-0.2, 0) is 0 Å². The molecule has 4 heteroatoms. The van der Waals surface area contributed by atoms with Crippen molar-refractivity contribution in [3.8, 4) is 6.07 Å². The zero-order valence-corrected chi connectivity index (χ0v) is 12.0. The summed E-state index contributed by atoms with van der Waals surface area (Å²) in [7, 11) is 0. The molecule has 0 aliphatic carbocycles. The normalized spacial score (nSPS) is 10.8. The third kappa shape index (κ3) is 2.83. The first kappa shape index (κ1) is 14.1. The lowest BCUT2D eigenvalue weighted by atomic mass is 10.2. The third-order valence-corrected chi connectivity index (χ3v) is 3.23. The van der Waals surface area contributed by atoms with Crippen LogP contribution in [0.2, 0.25) is 0 Å². The standard InChI is InChI=1S/C16H18N2O2/c1-11(2)18(8-4-7-17)16(19)15-10-13-9-12(3)5-6-14(13)20-15/h5-6,9-11H,4,8H2,1-3H3. The zero-order valence-electron chi connectivity index (χ0n) is 12.0. The molecule has 1 aromatic carbocycles. The summed E-state index contributed by atoms with van der Waals surface area (Å²) in [5.41, 5.74) is 1.84. The quantitative estimate of drug-likeness (QED) is 0.854. The topological polar surface area (TPSA) is 57.2 Å². The number of hydrogen-bond donors (Lipinski definition) is 0. The minimum Gasteiger partial charge on any atom is -0.451 e. The van der Waals surface area contributed by atoms with Crippen molar-refractivity contribution < 1.29 is 9.21 Å². The summed E-state index contributed by atoms with van der Waals surface area (Å²) in [6, 6.07) is 9.69. The Morgan fingerprint density at radius 3 is 2.80 bits per heavy atom. The fourth-order valence-corrected chi connectivity index (χ4v) is 2.17. The number of carbonyl (C=O) groups excluding carboxylic acids is 1. The fraction of sp³-hybridized carbons (Fsp3) is 0.375. The Balaban J connectivity index is 2.31. The number of amides is 1. The van der Waals surface area contributed by atoms with Crippen LogP contribution in [0.15, 0.2) is 28.7 Å². The van der Waals surface area contributed by atoms with Gasteiger partial charge in [0.05, 0.1) is 12.5 Å². The van der Waals surface area contributed by atoms with E-state index in [1.807, 2.05) is 39.0 Å². The molecule has 1 heterocycles. The molecule has 2 rings (SSSR count). The Morgan fingerprint density at radius 2 is 2.15 bits per heavy atom. The molecular weight excluding hydrogens is 252 g/mol. The lowest BCUT2D eigenvalue weighted by molar-refractivity contribution is 0.0680. The highest BCUT2D eigenvalue weighted by molar-refractivity contribution is 5.96. The lowest BCUT2D eigenvalue weighted by Gasteiger charge is -2.24. The Morgan fingerprint density at radius 1 is 1.40 bits per heavy atom. The van der Waals surface area contributed by atoms with E-state index < -0.39 is 0 Å². The van der Waals surface area contributed by atoms with Gasteiger partial charge in [0.1, 0.15) is 5.58 Å². The molecule has 1 amide bonds. The predicted octanol–water partition coefficient (Wildman–Crippen LogP) is 3.51. The average molecular weight is 270 g/mol. The van der Waals surface area contributed by atoms with Crippen LogP contribution in [0, 0.1) is 18.3 Å². The Labute approximate surface area is 118 Å². The first-order chi connectivity index (χ1) is 9.52. The van der Waals surface area contributed by atoms with Crippen LogP contribution in [0.5, 0.6) is 0 Å². The van der Waals surface area contributed by atoms with Crippen LogP contribution in [0.25, 0.3) is 11.0 Å². The number of furan rings is 1. The van der Waals surface area contributed by atoms with Gasteiger partial charge in [0.15, 0.2) is 5.76 Å². The molecule has 0 aliphatic heterocycles. The largest absolute Gasteiger partial charge is 0.451 e. The van der Waals surface area contributed by atoms with Crippen molar-refractivity contribution in [1.29, 1.82) is 5.26 Å². The van der Waals surface area contributed by atoms with Crippen molar-refractivity contribution >= 4 is 16.9 Å². The van der Waals surface area contributed by atoms with Crippen LogP contribution in [0.3, 0.4) is 0 Å². The van der Waals surface area contributed by atoms with Crippen molar-refractivity contribution in [2.75, 3.05) is 6.54 Å². The summed E-state index contributed by atoms with van der Waals surface area (Å²) in [5, 5.41) is 9.61. The Bertz CT molecular complexity index is 665. The first-order valence-corrected chi connectivity index (χ1v) is 6.71. The molecule has 0 N–H and O–H groups in total. The van der Waals surface area contributed by atoms with Gasteiger partial charge < -0.3 is 9.32 Å².